The normalized spacial score (nSPS) is 21.2. The monoisotopic (exact) mass is 623 g/mol. The van der Waals surface area contributed by atoms with Gasteiger partial charge in [-0.3, -0.25) is 4.79 Å². The summed E-state index contributed by atoms with van der Waals surface area (Å²) < 4.78 is 11.0. The lowest BCUT2D eigenvalue weighted by Crippen LogP contribution is -2.38. The van der Waals surface area contributed by atoms with E-state index in [4.69, 9.17) is 44.3 Å². The molecule has 1 fully saturated rings. The van der Waals surface area contributed by atoms with Gasteiger partial charge < -0.3 is 25.0 Å². The molecule has 4 atom stereocenters. The second-order valence-electron chi connectivity index (χ2n) is 9.63. The van der Waals surface area contributed by atoms with Gasteiger partial charge in [0.05, 0.1) is 25.4 Å². The summed E-state index contributed by atoms with van der Waals surface area (Å²) in [6.07, 6.45) is -0.892. The number of hydrogen-bond donors (Lipinski definition) is 3. The Kier molecular flexibility index (Phi) is 11.2. The van der Waals surface area contributed by atoms with Crippen LogP contribution in [0.1, 0.15) is 41.6 Å². The molecule has 0 saturated carbocycles. The second-order valence-corrected chi connectivity index (χ2v) is 13.1. The molecule has 214 valence electrons. The molecule has 6 nitrogen and oxygen atoms in total. The van der Waals surface area contributed by atoms with E-state index in [0.29, 0.717) is 5.75 Å². The minimum atomic E-state index is -2.02. The van der Waals surface area contributed by atoms with Gasteiger partial charge in [0.25, 0.3) is 9.70 Å². The number of halogens is 3. The van der Waals surface area contributed by atoms with E-state index < -0.39 is 16.0 Å². The molecule has 10 heteroatoms. The van der Waals surface area contributed by atoms with Crippen molar-refractivity contribution in [3.63, 3.8) is 0 Å². The van der Waals surface area contributed by atoms with Gasteiger partial charge in [0.1, 0.15) is 0 Å². The molecule has 3 N–H and O–H groups in total. The third-order valence-corrected chi connectivity index (χ3v) is 8.32. The molecule has 0 aliphatic carbocycles. The number of carbonyl (C=O) groups is 1. The van der Waals surface area contributed by atoms with Crippen LogP contribution in [0.2, 0.25) is 0 Å². The SMILES string of the molecule is C[C@@H]1[C@H](CSCCO)O[C@H](c2cccc(-c3cccc(CNC(=O)C(Cl)(Cl)Cl)c3)c2)O[C@@H]1c1ccc(CO)cc1. The van der Waals surface area contributed by atoms with E-state index in [9.17, 15) is 15.0 Å². The average molecular weight is 625 g/mol. The van der Waals surface area contributed by atoms with Crippen molar-refractivity contribution in [1.82, 2.24) is 5.32 Å². The molecule has 0 unspecified atom stereocenters. The minimum Gasteiger partial charge on any atom is -0.396 e. The molecule has 0 spiro atoms. The topological polar surface area (TPSA) is 88.0 Å². The zero-order valence-corrected chi connectivity index (χ0v) is 25.0. The molecule has 1 amide bonds. The van der Waals surface area contributed by atoms with Gasteiger partial charge in [-0.25, -0.2) is 0 Å². The summed E-state index contributed by atoms with van der Waals surface area (Å²) in [6, 6.07) is 23.6. The van der Waals surface area contributed by atoms with Crippen molar-refractivity contribution in [2.75, 3.05) is 18.1 Å². The molecule has 3 aromatic rings. The molecular weight excluding hydrogens is 593 g/mol. The smallest absolute Gasteiger partial charge is 0.272 e. The predicted octanol–water partition coefficient (Wildman–Crippen LogP) is 6.35. The van der Waals surface area contributed by atoms with Gasteiger partial charge in [0, 0.05) is 29.5 Å². The standard InChI is InChI=1S/C30H32Cl3NO5S/c1-19-26(18-40-13-12-35)38-28(39-27(19)22-10-8-20(17-36)9-11-22)25-7-3-6-24(15-25)23-5-2-4-21(14-23)16-34-29(37)30(31,32)33/h2-11,14-15,19,26-28,35-36H,12-13,16-18H2,1H3,(H,34,37)/t19-,26+,27+,28+/m1/s1. The fraction of sp³-hybridized carbons (Fsp3) is 0.367. The Labute approximate surface area is 253 Å². The fourth-order valence-corrected chi connectivity index (χ4v) is 5.69. The first-order valence-corrected chi connectivity index (χ1v) is 15.2. The maximum absolute atomic E-state index is 11.9. The highest BCUT2D eigenvalue weighted by atomic mass is 35.6. The van der Waals surface area contributed by atoms with Crippen molar-refractivity contribution in [3.8, 4) is 11.1 Å². The van der Waals surface area contributed by atoms with Gasteiger partial charge >= 0.3 is 0 Å². The van der Waals surface area contributed by atoms with E-state index in [1.807, 2.05) is 72.8 Å². The van der Waals surface area contributed by atoms with Crippen molar-refractivity contribution in [3.05, 3.63) is 95.1 Å². The van der Waals surface area contributed by atoms with Crippen LogP contribution >= 0.6 is 46.6 Å². The van der Waals surface area contributed by atoms with Crippen molar-refractivity contribution in [2.24, 2.45) is 5.92 Å². The molecule has 0 aromatic heterocycles. The molecule has 4 rings (SSSR count). The predicted molar refractivity (Wildman–Crippen MR) is 161 cm³/mol. The fourth-order valence-electron chi connectivity index (χ4n) is 4.58. The molecule has 1 saturated heterocycles. The van der Waals surface area contributed by atoms with E-state index >= 15 is 0 Å². The van der Waals surface area contributed by atoms with Gasteiger partial charge in [-0.05, 0) is 39.9 Å². The maximum Gasteiger partial charge on any atom is 0.272 e. The summed E-state index contributed by atoms with van der Waals surface area (Å²) in [5.41, 5.74) is 5.53. The third-order valence-electron chi connectivity index (χ3n) is 6.77. The summed E-state index contributed by atoms with van der Waals surface area (Å²) in [5, 5.41) is 21.4. The van der Waals surface area contributed by atoms with Crippen LogP contribution in [0.25, 0.3) is 11.1 Å². The van der Waals surface area contributed by atoms with Crippen molar-refractivity contribution in [1.29, 1.82) is 0 Å². The van der Waals surface area contributed by atoms with Gasteiger partial charge in [0.2, 0.25) is 0 Å². The van der Waals surface area contributed by atoms with Crippen LogP contribution in [0, 0.1) is 5.92 Å². The first kappa shape index (κ1) is 31.1. The Morgan fingerprint density at radius 2 is 1.62 bits per heavy atom. The molecule has 1 aliphatic rings. The number of aliphatic hydroxyl groups excluding tert-OH is 2. The largest absolute Gasteiger partial charge is 0.396 e. The lowest BCUT2D eigenvalue weighted by atomic mass is 9.91. The highest BCUT2D eigenvalue weighted by molar-refractivity contribution is 7.99. The van der Waals surface area contributed by atoms with Gasteiger partial charge in [-0.2, -0.15) is 11.8 Å². The number of amides is 1. The highest BCUT2D eigenvalue weighted by Crippen LogP contribution is 2.43. The van der Waals surface area contributed by atoms with Crippen molar-refractivity contribution < 1.29 is 24.5 Å². The van der Waals surface area contributed by atoms with Crippen LogP contribution in [-0.4, -0.2) is 44.1 Å². The van der Waals surface area contributed by atoms with Crippen LogP contribution in [-0.2, 0) is 27.4 Å². The number of carbonyl (C=O) groups excluding carboxylic acids is 1. The van der Waals surface area contributed by atoms with Crippen LogP contribution in [0.4, 0.5) is 0 Å². The van der Waals surface area contributed by atoms with E-state index in [1.165, 1.54) is 0 Å². The van der Waals surface area contributed by atoms with Crippen molar-refractivity contribution >= 4 is 52.5 Å². The minimum absolute atomic E-state index is 0.0131. The number of aliphatic hydroxyl groups is 2. The number of ether oxygens (including phenoxy) is 2. The zero-order chi connectivity index (χ0) is 28.7. The lowest BCUT2D eigenvalue weighted by molar-refractivity contribution is -0.268. The quantitative estimate of drug-likeness (QED) is 0.180. The number of nitrogens with one attached hydrogen (secondary N) is 1. The highest BCUT2D eigenvalue weighted by Gasteiger charge is 2.38. The number of benzene rings is 3. The van der Waals surface area contributed by atoms with E-state index in [1.54, 1.807) is 11.8 Å². The first-order valence-electron chi connectivity index (χ1n) is 12.9. The molecule has 0 bridgehead atoms. The Bertz CT molecular complexity index is 1270. The van der Waals surface area contributed by atoms with Crippen LogP contribution < -0.4 is 5.32 Å². The Morgan fingerprint density at radius 1 is 0.925 bits per heavy atom. The van der Waals surface area contributed by atoms with E-state index in [0.717, 1.165) is 39.1 Å². The molecule has 0 radical (unpaired) electrons. The Balaban J connectivity index is 1.57. The first-order chi connectivity index (χ1) is 19.2. The second kappa shape index (κ2) is 14.4. The summed E-state index contributed by atoms with van der Waals surface area (Å²) in [6.45, 7) is 2.44. The van der Waals surface area contributed by atoms with Crippen LogP contribution in [0.3, 0.4) is 0 Å². The van der Waals surface area contributed by atoms with Crippen LogP contribution in [0.15, 0.2) is 72.8 Å². The number of rotatable bonds is 10. The summed E-state index contributed by atoms with van der Waals surface area (Å²) in [5.74, 6) is 0.763. The van der Waals surface area contributed by atoms with Gasteiger partial charge in [-0.1, -0.05) is 102 Å². The summed E-state index contributed by atoms with van der Waals surface area (Å²) in [4.78, 5) is 11.9. The molecule has 1 aliphatic heterocycles. The number of hydrogen-bond acceptors (Lipinski definition) is 6. The Hall–Kier alpha value is -1.81. The average Bonchev–Trinajstić information content (AvgIpc) is 2.96. The van der Waals surface area contributed by atoms with Gasteiger partial charge in [-0.15, -0.1) is 0 Å². The lowest BCUT2D eigenvalue weighted by Gasteiger charge is -2.41. The number of alkyl halides is 3. The molecule has 3 aromatic carbocycles. The maximum atomic E-state index is 11.9. The summed E-state index contributed by atoms with van der Waals surface area (Å²) in [7, 11) is 0. The molecular formula is C30H32Cl3NO5S. The van der Waals surface area contributed by atoms with Crippen molar-refractivity contribution in [2.45, 2.75) is 42.4 Å². The molecule has 1 heterocycles. The third kappa shape index (κ3) is 8.14. The Morgan fingerprint density at radius 3 is 2.30 bits per heavy atom. The van der Waals surface area contributed by atoms with E-state index in [-0.39, 0.29) is 37.9 Å². The number of thioether (sulfide) groups is 1. The van der Waals surface area contributed by atoms with Gasteiger partial charge in [0.15, 0.2) is 6.29 Å². The zero-order valence-electron chi connectivity index (χ0n) is 21.9. The van der Waals surface area contributed by atoms with Crippen LogP contribution in [0.5, 0.6) is 0 Å². The molecule has 40 heavy (non-hydrogen) atoms. The van der Waals surface area contributed by atoms with E-state index in [2.05, 4.69) is 12.2 Å². The summed E-state index contributed by atoms with van der Waals surface area (Å²) >= 11 is 18.6.